The molecule has 1 aliphatic rings. The molecular weight excluding hydrogens is 328 g/mol. The van der Waals surface area contributed by atoms with Gasteiger partial charge in [-0.25, -0.2) is 4.79 Å². The van der Waals surface area contributed by atoms with Gasteiger partial charge in [0.15, 0.2) is 0 Å². The highest BCUT2D eigenvalue weighted by atomic mass is 16.6. The van der Waals surface area contributed by atoms with E-state index in [9.17, 15) is 9.59 Å². The molecule has 1 saturated carbocycles. The van der Waals surface area contributed by atoms with E-state index in [0.717, 1.165) is 37.7 Å². The summed E-state index contributed by atoms with van der Waals surface area (Å²) in [5, 5.41) is 0. The first-order valence-corrected chi connectivity index (χ1v) is 9.46. The molecule has 4 heteroatoms. The smallest absolute Gasteiger partial charge is 0.331 e. The average Bonchev–Trinajstić information content (AvgIpc) is 2.63. The van der Waals surface area contributed by atoms with E-state index in [2.05, 4.69) is 0 Å². The van der Waals surface area contributed by atoms with Crippen molar-refractivity contribution >= 4 is 18.0 Å². The standard InChI is InChI=1S/C22H30O4/c1-5-22(3,4)21(24)26-19-13-11-18(12-14-19)25-20(23)15-10-17-8-6-16(2)7-9-17/h6-10,15,18-19H,5,11-14H2,1-4H3/b15-10+. The maximum absolute atomic E-state index is 12.1. The summed E-state index contributed by atoms with van der Waals surface area (Å²) < 4.78 is 11.1. The summed E-state index contributed by atoms with van der Waals surface area (Å²) in [7, 11) is 0. The number of carbonyl (C=O) groups excluding carboxylic acids is 2. The van der Waals surface area contributed by atoms with Crippen LogP contribution < -0.4 is 0 Å². The van der Waals surface area contributed by atoms with Gasteiger partial charge < -0.3 is 9.47 Å². The normalized spacial score (nSPS) is 20.8. The van der Waals surface area contributed by atoms with Gasteiger partial charge in [-0.3, -0.25) is 4.79 Å². The van der Waals surface area contributed by atoms with Crippen LogP contribution in [0.4, 0.5) is 0 Å². The molecule has 1 fully saturated rings. The van der Waals surface area contributed by atoms with Crippen molar-refractivity contribution in [3.05, 3.63) is 41.5 Å². The number of esters is 2. The van der Waals surface area contributed by atoms with E-state index in [1.807, 2.05) is 52.0 Å². The Hall–Kier alpha value is -2.10. The third-order valence-corrected chi connectivity index (χ3v) is 5.10. The molecule has 0 aromatic heterocycles. The third-order valence-electron chi connectivity index (χ3n) is 5.10. The van der Waals surface area contributed by atoms with Crippen molar-refractivity contribution in [2.45, 2.75) is 72.0 Å². The van der Waals surface area contributed by atoms with Crippen LogP contribution >= 0.6 is 0 Å². The molecule has 2 rings (SSSR count). The van der Waals surface area contributed by atoms with Crippen LogP contribution in [0.5, 0.6) is 0 Å². The molecule has 26 heavy (non-hydrogen) atoms. The average molecular weight is 358 g/mol. The first-order valence-electron chi connectivity index (χ1n) is 9.46. The molecule has 1 aromatic rings. The molecule has 1 aromatic carbocycles. The van der Waals surface area contributed by atoms with Crippen LogP contribution in [0.2, 0.25) is 0 Å². The molecule has 0 N–H and O–H groups in total. The van der Waals surface area contributed by atoms with E-state index >= 15 is 0 Å². The summed E-state index contributed by atoms with van der Waals surface area (Å²) in [4.78, 5) is 24.1. The zero-order chi connectivity index (χ0) is 19.2. The fourth-order valence-electron chi connectivity index (χ4n) is 2.77. The van der Waals surface area contributed by atoms with Gasteiger partial charge in [-0.15, -0.1) is 0 Å². The quantitative estimate of drug-likeness (QED) is 0.539. The van der Waals surface area contributed by atoms with Gasteiger partial charge in [-0.1, -0.05) is 36.8 Å². The van der Waals surface area contributed by atoms with E-state index in [0.29, 0.717) is 0 Å². The Morgan fingerprint density at radius 2 is 1.58 bits per heavy atom. The van der Waals surface area contributed by atoms with Crippen molar-refractivity contribution in [2.75, 3.05) is 0 Å². The third kappa shape index (κ3) is 6.01. The SMILES string of the molecule is CCC(C)(C)C(=O)OC1CCC(OC(=O)/C=C/c2ccc(C)cc2)CC1. The highest BCUT2D eigenvalue weighted by Crippen LogP contribution is 2.28. The minimum Gasteiger partial charge on any atom is -0.462 e. The predicted octanol–water partition coefficient (Wildman–Crippen LogP) is 4.84. The lowest BCUT2D eigenvalue weighted by Crippen LogP contribution is -2.34. The molecule has 0 aliphatic heterocycles. The lowest BCUT2D eigenvalue weighted by atomic mass is 9.90. The predicted molar refractivity (Wildman–Crippen MR) is 103 cm³/mol. The van der Waals surface area contributed by atoms with E-state index < -0.39 is 5.41 Å². The number of ether oxygens (including phenoxy) is 2. The van der Waals surface area contributed by atoms with Gasteiger partial charge in [0.2, 0.25) is 0 Å². The second kappa shape index (κ2) is 9.02. The van der Waals surface area contributed by atoms with Gasteiger partial charge in [0.05, 0.1) is 5.41 Å². The number of aryl methyl sites for hydroxylation is 1. The Bertz CT molecular complexity index is 635. The van der Waals surface area contributed by atoms with E-state index in [4.69, 9.17) is 9.47 Å². The maximum atomic E-state index is 12.1. The molecule has 0 spiro atoms. The number of benzene rings is 1. The van der Waals surface area contributed by atoms with Crippen LogP contribution in [-0.2, 0) is 19.1 Å². The molecule has 1 aliphatic carbocycles. The second-order valence-electron chi connectivity index (χ2n) is 7.72. The fourth-order valence-corrected chi connectivity index (χ4v) is 2.77. The van der Waals surface area contributed by atoms with Crippen LogP contribution in [0.1, 0.15) is 64.0 Å². The summed E-state index contributed by atoms with van der Waals surface area (Å²) >= 11 is 0. The number of hydrogen-bond donors (Lipinski definition) is 0. The highest BCUT2D eigenvalue weighted by molar-refractivity contribution is 5.87. The van der Waals surface area contributed by atoms with Crippen molar-refractivity contribution < 1.29 is 19.1 Å². The van der Waals surface area contributed by atoms with Crippen LogP contribution in [0.15, 0.2) is 30.3 Å². The first-order chi connectivity index (χ1) is 12.3. The fraction of sp³-hybridized carbons (Fsp3) is 0.545. The summed E-state index contributed by atoms with van der Waals surface area (Å²) in [6.45, 7) is 7.83. The lowest BCUT2D eigenvalue weighted by molar-refractivity contribution is -0.164. The highest BCUT2D eigenvalue weighted by Gasteiger charge is 2.32. The Balaban J connectivity index is 1.75. The summed E-state index contributed by atoms with van der Waals surface area (Å²) in [6, 6.07) is 7.95. The second-order valence-corrected chi connectivity index (χ2v) is 7.72. The summed E-state index contributed by atoms with van der Waals surface area (Å²) in [5.74, 6) is -0.459. The Morgan fingerprint density at radius 3 is 2.12 bits per heavy atom. The number of hydrogen-bond acceptors (Lipinski definition) is 4. The molecule has 0 amide bonds. The van der Waals surface area contributed by atoms with Gasteiger partial charge >= 0.3 is 11.9 Å². The Morgan fingerprint density at radius 1 is 1.04 bits per heavy atom. The zero-order valence-corrected chi connectivity index (χ0v) is 16.3. The van der Waals surface area contributed by atoms with Gasteiger partial charge in [-0.2, -0.15) is 0 Å². The van der Waals surface area contributed by atoms with Gasteiger partial charge in [0, 0.05) is 6.08 Å². The molecule has 0 heterocycles. The monoisotopic (exact) mass is 358 g/mol. The van der Waals surface area contributed by atoms with Gasteiger partial charge in [-0.05, 0) is 64.5 Å². The topological polar surface area (TPSA) is 52.6 Å². The van der Waals surface area contributed by atoms with Gasteiger partial charge in [0.25, 0.3) is 0 Å². The largest absolute Gasteiger partial charge is 0.462 e. The molecule has 0 unspecified atom stereocenters. The van der Waals surface area contributed by atoms with Crippen molar-refractivity contribution in [3.63, 3.8) is 0 Å². The minimum absolute atomic E-state index is 0.0635. The number of rotatable bonds is 6. The van der Waals surface area contributed by atoms with Crippen LogP contribution in [0, 0.1) is 12.3 Å². The van der Waals surface area contributed by atoms with Crippen molar-refractivity contribution in [2.24, 2.45) is 5.41 Å². The first kappa shape index (κ1) is 20.2. The Kier molecular flexibility index (Phi) is 7.01. The summed E-state index contributed by atoms with van der Waals surface area (Å²) in [5.41, 5.74) is 1.72. The molecular formula is C22H30O4. The molecule has 142 valence electrons. The van der Waals surface area contributed by atoms with Gasteiger partial charge in [0.1, 0.15) is 12.2 Å². The van der Waals surface area contributed by atoms with Crippen molar-refractivity contribution in [1.29, 1.82) is 0 Å². The molecule has 0 atom stereocenters. The van der Waals surface area contributed by atoms with Crippen molar-refractivity contribution in [3.8, 4) is 0 Å². The van der Waals surface area contributed by atoms with E-state index in [1.54, 1.807) is 6.08 Å². The number of carbonyl (C=O) groups is 2. The lowest BCUT2D eigenvalue weighted by Gasteiger charge is -2.30. The van der Waals surface area contributed by atoms with E-state index in [1.165, 1.54) is 11.6 Å². The van der Waals surface area contributed by atoms with Crippen molar-refractivity contribution in [1.82, 2.24) is 0 Å². The Labute approximate surface area is 156 Å². The van der Waals surface area contributed by atoms with Crippen LogP contribution in [0.25, 0.3) is 6.08 Å². The molecule has 0 bridgehead atoms. The van der Waals surface area contributed by atoms with E-state index in [-0.39, 0.29) is 24.1 Å². The summed E-state index contributed by atoms with van der Waals surface area (Å²) in [6.07, 6.45) is 6.78. The molecule has 4 nitrogen and oxygen atoms in total. The maximum Gasteiger partial charge on any atom is 0.331 e. The minimum atomic E-state index is -0.440. The zero-order valence-electron chi connectivity index (χ0n) is 16.3. The molecule has 0 radical (unpaired) electrons. The van der Waals surface area contributed by atoms with Crippen LogP contribution in [-0.4, -0.2) is 24.1 Å². The molecule has 0 saturated heterocycles. The van der Waals surface area contributed by atoms with Crippen LogP contribution in [0.3, 0.4) is 0 Å².